The number of nitrogens with zero attached hydrogens (tertiary/aromatic N) is 5. The van der Waals surface area contributed by atoms with Crippen LogP contribution in [0.2, 0.25) is 0 Å². The second kappa shape index (κ2) is 6.28. The molecule has 21 heavy (non-hydrogen) atoms. The van der Waals surface area contributed by atoms with Crippen LogP contribution in [0.3, 0.4) is 0 Å². The first-order valence-electron chi connectivity index (χ1n) is 7.46. The van der Waals surface area contributed by atoms with Crippen molar-refractivity contribution in [2.45, 2.75) is 26.8 Å². The second-order valence-corrected chi connectivity index (χ2v) is 6.16. The number of hydrogen-bond acceptors (Lipinski definition) is 5. The van der Waals surface area contributed by atoms with Crippen LogP contribution >= 0.6 is 0 Å². The molecule has 1 atom stereocenters. The lowest BCUT2D eigenvalue weighted by Gasteiger charge is -2.40. The van der Waals surface area contributed by atoms with E-state index in [1.807, 2.05) is 36.9 Å². The summed E-state index contributed by atoms with van der Waals surface area (Å²) in [4.78, 5) is 27.1. The molecule has 6 heteroatoms. The predicted octanol–water partition coefficient (Wildman–Crippen LogP) is 1.24. The van der Waals surface area contributed by atoms with E-state index >= 15 is 0 Å². The highest BCUT2D eigenvalue weighted by atomic mass is 16.2. The fraction of sp³-hybridized carbons (Fsp3) is 0.667. The minimum atomic E-state index is -0.178. The molecular formula is C15H25N5O. The van der Waals surface area contributed by atoms with E-state index in [9.17, 15) is 4.79 Å². The summed E-state index contributed by atoms with van der Waals surface area (Å²) in [6, 6.07) is 1.69. The normalized spacial score (nSPS) is 19.3. The van der Waals surface area contributed by atoms with Crippen LogP contribution in [-0.2, 0) is 4.79 Å². The standard InChI is InChI=1S/C15H25N5O/c1-11(2)10-19-8-9-20(12(3)14(19)21)13-6-7-16-15(17-13)18(4)5/h6-7,11-12H,8-10H2,1-5H3. The van der Waals surface area contributed by atoms with E-state index in [0.29, 0.717) is 11.9 Å². The average molecular weight is 291 g/mol. The van der Waals surface area contributed by atoms with Gasteiger partial charge in [-0.25, -0.2) is 4.98 Å². The van der Waals surface area contributed by atoms with Crippen LogP contribution in [0.25, 0.3) is 0 Å². The number of rotatable bonds is 4. The molecule has 0 spiro atoms. The lowest BCUT2D eigenvalue weighted by atomic mass is 10.1. The third-order valence-corrected chi connectivity index (χ3v) is 3.66. The Morgan fingerprint density at radius 2 is 2.10 bits per heavy atom. The molecule has 0 aliphatic carbocycles. The minimum Gasteiger partial charge on any atom is -0.347 e. The highest BCUT2D eigenvalue weighted by molar-refractivity contribution is 5.86. The van der Waals surface area contributed by atoms with Gasteiger partial charge in [-0.2, -0.15) is 4.98 Å². The molecule has 0 N–H and O–H groups in total. The van der Waals surface area contributed by atoms with Crippen LogP contribution in [0.4, 0.5) is 11.8 Å². The average Bonchev–Trinajstić information content (AvgIpc) is 2.44. The number of amides is 1. The maximum Gasteiger partial charge on any atom is 0.245 e. The maximum atomic E-state index is 12.5. The van der Waals surface area contributed by atoms with E-state index < -0.39 is 0 Å². The van der Waals surface area contributed by atoms with Crippen molar-refractivity contribution in [3.63, 3.8) is 0 Å². The first-order chi connectivity index (χ1) is 9.90. The molecule has 1 aliphatic heterocycles. The zero-order valence-corrected chi connectivity index (χ0v) is 13.6. The van der Waals surface area contributed by atoms with Gasteiger partial charge in [-0.05, 0) is 18.9 Å². The van der Waals surface area contributed by atoms with Crippen molar-refractivity contribution >= 4 is 17.7 Å². The number of carbonyl (C=O) groups is 1. The number of piperazine rings is 1. The van der Waals surface area contributed by atoms with Crippen molar-refractivity contribution < 1.29 is 4.79 Å². The van der Waals surface area contributed by atoms with Crippen molar-refractivity contribution in [1.29, 1.82) is 0 Å². The largest absolute Gasteiger partial charge is 0.347 e. The molecule has 0 saturated carbocycles. The molecule has 1 fully saturated rings. The smallest absolute Gasteiger partial charge is 0.245 e. The summed E-state index contributed by atoms with van der Waals surface area (Å²) in [5.74, 6) is 2.16. The Morgan fingerprint density at radius 1 is 1.38 bits per heavy atom. The number of aromatic nitrogens is 2. The molecule has 1 amide bonds. The zero-order valence-electron chi connectivity index (χ0n) is 13.6. The molecule has 2 rings (SSSR count). The zero-order chi connectivity index (χ0) is 15.6. The molecule has 1 aromatic rings. The summed E-state index contributed by atoms with van der Waals surface area (Å²) in [5, 5.41) is 0. The summed E-state index contributed by atoms with van der Waals surface area (Å²) in [7, 11) is 3.82. The third-order valence-electron chi connectivity index (χ3n) is 3.66. The van der Waals surface area contributed by atoms with E-state index in [0.717, 1.165) is 25.5 Å². The molecule has 6 nitrogen and oxygen atoms in total. The van der Waals surface area contributed by atoms with Gasteiger partial charge in [-0.1, -0.05) is 13.8 Å². The van der Waals surface area contributed by atoms with E-state index in [4.69, 9.17) is 0 Å². The SMILES string of the molecule is CC(C)CN1CCN(c2ccnc(N(C)C)n2)C(C)C1=O. The third kappa shape index (κ3) is 3.43. The van der Waals surface area contributed by atoms with Gasteiger partial charge in [0.1, 0.15) is 11.9 Å². The molecule has 1 unspecified atom stereocenters. The van der Waals surface area contributed by atoms with Crippen LogP contribution in [0.5, 0.6) is 0 Å². The van der Waals surface area contributed by atoms with Crippen molar-refractivity contribution in [2.75, 3.05) is 43.5 Å². The monoisotopic (exact) mass is 291 g/mol. The Balaban J connectivity index is 2.16. The molecule has 0 radical (unpaired) electrons. The molecule has 2 heterocycles. The highest BCUT2D eigenvalue weighted by Gasteiger charge is 2.32. The Morgan fingerprint density at radius 3 is 2.71 bits per heavy atom. The highest BCUT2D eigenvalue weighted by Crippen LogP contribution is 2.21. The number of anilines is 2. The van der Waals surface area contributed by atoms with Crippen molar-refractivity contribution in [3.8, 4) is 0 Å². The molecular weight excluding hydrogens is 266 g/mol. The minimum absolute atomic E-state index is 0.178. The quantitative estimate of drug-likeness (QED) is 0.835. The van der Waals surface area contributed by atoms with E-state index in [-0.39, 0.29) is 11.9 Å². The van der Waals surface area contributed by atoms with Gasteiger partial charge in [0.05, 0.1) is 0 Å². The molecule has 1 saturated heterocycles. The first-order valence-corrected chi connectivity index (χ1v) is 7.46. The van der Waals surface area contributed by atoms with Gasteiger partial charge in [-0.3, -0.25) is 4.79 Å². The Labute approximate surface area is 126 Å². The maximum absolute atomic E-state index is 12.5. The Kier molecular flexibility index (Phi) is 4.65. The van der Waals surface area contributed by atoms with Gasteiger partial charge >= 0.3 is 0 Å². The molecule has 0 bridgehead atoms. The van der Waals surface area contributed by atoms with Crippen molar-refractivity contribution in [1.82, 2.24) is 14.9 Å². The van der Waals surface area contributed by atoms with Gasteiger partial charge in [0.2, 0.25) is 11.9 Å². The first kappa shape index (κ1) is 15.5. The molecule has 1 aliphatic rings. The summed E-state index contributed by atoms with van der Waals surface area (Å²) in [6.07, 6.45) is 1.75. The molecule has 1 aromatic heterocycles. The van der Waals surface area contributed by atoms with Gasteiger partial charge in [0.15, 0.2) is 0 Å². The van der Waals surface area contributed by atoms with Crippen LogP contribution in [0.1, 0.15) is 20.8 Å². The molecule has 116 valence electrons. The van der Waals surface area contributed by atoms with Crippen molar-refractivity contribution in [2.24, 2.45) is 5.92 Å². The number of hydrogen-bond donors (Lipinski definition) is 0. The van der Waals surface area contributed by atoms with Crippen LogP contribution in [-0.4, -0.2) is 60.5 Å². The summed E-state index contributed by atoms with van der Waals surface area (Å²) >= 11 is 0. The van der Waals surface area contributed by atoms with Crippen LogP contribution in [0.15, 0.2) is 12.3 Å². The van der Waals surface area contributed by atoms with Crippen LogP contribution < -0.4 is 9.80 Å². The summed E-state index contributed by atoms with van der Waals surface area (Å²) in [5.41, 5.74) is 0. The predicted molar refractivity (Wildman–Crippen MR) is 84.6 cm³/mol. The lowest BCUT2D eigenvalue weighted by molar-refractivity contribution is -0.134. The van der Waals surface area contributed by atoms with Gasteiger partial charge in [-0.15, -0.1) is 0 Å². The van der Waals surface area contributed by atoms with Crippen LogP contribution in [0, 0.1) is 5.92 Å². The van der Waals surface area contributed by atoms with Gasteiger partial charge < -0.3 is 14.7 Å². The van der Waals surface area contributed by atoms with E-state index in [1.165, 1.54) is 0 Å². The summed E-state index contributed by atoms with van der Waals surface area (Å²) in [6.45, 7) is 8.61. The topological polar surface area (TPSA) is 52.6 Å². The molecule has 0 aromatic carbocycles. The van der Waals surface area contributed by atoms with Gasteiger partial charge in [0, 0.05) is 39.9 Å². The summed E-state index contributed by atoms with van der Waals surface area (Å²) < 4.78 is 0. The van der Waals surface area contributed by atoms with Gasteiger partial charge in [0.25, 0.3) is 0 Å². The Hall–Kier alpha value is -1.85. The Bertz CT molecular complexity index is 503. The van der Waals surface area contributed by atoms with Crippen molar-refractivity contribution in [3.05, 3.63) is 12.3 Å². The van der Waals surface area contributed by atoms with E-state index in [2.05, 4.69) is 28.7 Å². The second-order valence-electron chi connectivity index (χ2n) is 6.16. The fourth-order valence-electron chi connectivity index (χ4n) is 2.58. The fourth-order valence-corrected chi connectivity index (χ4v) is 2.58. The van der Waals surface area contributed by atoms with E-state index in [1.54, 1.807) is 6.20 Å². The number of carbonyl (C=O) groups excluding carboxylic acids is 1. The lowest BCUT2D eigenvalue weighted by Crippen LogP contribution is -2.56.